The van der Waals surface area contributed by atoms with Crippen molar-refractivity contribution in [1.29, 1.82) is 0 Å². The van der Waals surface area contributed by atoms with Gasteiger partial charge in [0.15, 0.2) is 5.69 Å². The Morgan fingerprint density at radius 1 is 1.33 bits per heavy atom. The average molecular weight is 339 g/mol. The third kappa shape index (κ3) is 2.42. The molecule has 1 aliphatic heterocycles. The third-order valence-corrected chi connectivity index (χ3v) is 4.27. The SMILES string of the molecule is COC(=O)c1nn(-c2ccc(F)cc2)c(N2CC(F)(F)[C@H]2C)c1C. The van der Waals surface area contributed by atoms with Crippen molar-refractivity contribution in [1.82, 2.24) is 9.78 Å². The topological polar surface area (TPSA) is 47.4 Å². The number of alkyl halides is 2. The predicted octanol–water partition coefficient (Wildman–Crippen LogP) is 2.95. The highest BCUT2D eigenvalue weighted by molar-refractivity contribution is 5.90. The van der Waals surface area contributed by atoms with Crippen LogP contribution in [-0.2, 0) is 4.74 Å². The standard InChI is InChI=1S/C16H16F3N3O2/c1-9-13(15(23)24-3)20-22(12-6-4-11(17)5-7-12)14(9)21-8-16(18,19)10(21)2/h4-7,10H,8H2,1-3H3/t10-/m1/s1. The van der Waals surface area contributed by atoms with Crippen LogP contribution in [0.1, 0.15) is 23.0 Å². The Morgan fingerprint density at radius 3 is 2.46 bits per heavy atom. The van der Waals surface area contributed by atoms with Crippen molar-refractivity contribution in [2.75, 3.05) is 18.6 Å². The van der Waals surface area contributed by atoms with Gasteiger partial charge in [-0.1, -0.05) is 0 Å². The molecule has 2 heterocycles. The van der Waals surface area contributed by atoms with Crippen LogP contribution >= 0.6 is 0 Å². The Kier molecular flexibility index (Phi) is 3.77. The maximum absolute atomic E-state index is 13.6. The fourth-order valence-electron chi connectivity index (χ4n) is 2.75. The number of anilines is 1. The second-order valence-corrected chi connectivity index (χ2v) is 5.74. The lowest BCUT2D eigenvalue weighted by Gasteiger charge is -2.47. The van der Waals surface area contributed by atoms with E-state index in [1.165, 1.54) is 47.9 Å². The lowest BCUT2D eigenvalue weighted by molar-refractivity contribution is -0.0646. The molecule has 1 saturated heterocycles. The smallest absolute Gasteiger partial charge is 0.358 e. The predicted molar refractivity (Wildman–Crippen MR) is 81.4 cm³/mol. The zero-order chi connectivity index (χ0) is 17.6. The first kappa shape index (κ1) is 16.4. The summed E-state index contributed by atoms with van der Waals surface area (Å²) in [5, 5.41) is 4.20. The molecule has 1 aromatic carbocycles. The van der Waals surface area contributed by atoms with Gasteiger partial charge in [-0.2, -0.15) is 5.10 Å². The highest BCUT2D eigenvalue weighted by atomic mass is 19.3. The van der Waals surface area contributed by atoms with Crippen molar-refractivity contribution in [3.05, 3.63) is 41.3 Å². The zero-order valence-corrected chi connectivity index (χ0v) is 13.4. The highest BCUT2D eigenvalue weighted by Crippen LogP contribution is 2.41. The van der Waals surface area contributed by atoms with Gasteiger partial charge >= 0.3 is 5.97 Å². The van der Waals surface area contributed by atoms with Crippen LogP contribution in [-0.4, -0.2) is 41.4 Å². The Bertz CT molecular complexity index is 787. The van der Waals surface area contributed by atoms with Gasteiger partial charge in [-0.05, 0) is 38.1 Å². The van der Waals surface area contributed by atoms with Crippen LogP contribution in [0.2, 0.25) is 0 Å². The summed E-state index contributed by atoms with van der Waals surface area (Å²) in [5.41, 5.74) is 0.944. The summed E-state index contributed by atoms with van der Waals surface area (Å²) >= 11 is 0. The number of methoxy groups -OCH3 is 1. The van der Waals surface area contributed by atoms with Gasteiger partial charge in [0.25, 0.3) is 5.92 Å². The Morgan fingerprint density at radius 2 is 1.96 bits per heavy atom. The van der Waals surface area contributed by atoms with Crippen molar-refractivity contribution in [2.24, 2.45) is 0 Å². The molecule has 0 N–H and O–H groups in total. The number of halogens is 3. The van der Waals surface area contributed by atoms with Crippen LogP contribution in [0.5, 0.6) is 0 Å². The summed E-state index contributed by atoms with van der Waals surface area (Å²) < 4.78 is 46.4. The molecule has 0 aliphatic carbocycles. The molecule has 1 fully saturated rings. The maximum atomic E-state index is 13.6. The van der Waals surface area contributed by atoms with Crippen LogP contribution in [0, 0.1) is 12.7 Å². The van der Waals surface area contributed by atoms with Gasteiger partial charge < -0.3 is 9.64 Å². The summed E-state index contributed by atoms with van der Waals surface area (Å²) in [6.45, 7) is 2.56. The quantitative estimate of drug-likeness (QED) is 0.807. The molecule has 3 rings (SSSR count). The lowest BCUT2D eigenvalue weighted by Crippen LogP contribution is -2.64. The fraction of sp³-hybridized carbons (Fsp3) is 0.375. The van der Waals surface area contributed by atoms with Crippen molar-refractivity contribution in [2.45, 2.75) is 25.8 Å². The van der Waals surface area contributed by atoms with E-state index < -0.39 is 30.3 Å². The largest absolute Gasteiger partial charge is 0.464 e. The first-order valence-electron chi connectivity index (χ1n) is 7.34. The molecular weight excluding hydrogens is 323 g/mol. The second kappa shape index (κ2) is 5.54. The van der Waals surface area contributed by atoms with Gasteiger partial charge in [0, 0.05) is 5.56 Å². The number of esters is 1. The van der Waals surface area contributed by atoms with Crippen LogP contribution in [0.3, 0.4) is 0 Å². The summed E-state index contributed by atoms with van der Waals surface area (Å²) in [4.78, 5) is 13.4. The number of carbonyl (C=O) groups excluding carboxylic acids is 1. The fourth-order valence-corrected chi connectivity index (χ4v) is 2.75. The maximum Gasteiger partial charge on any atom is 0.358 e. The van der Waals surface area contributed by atoms with Crippen molar-refractivity contribution in [3.8, 4) is 5.69 Å². The van der Waals surface area contributed by atoms with E-state index in [-0.39, 0.29) is 5.69 Å². The van der Waals surface area contributed by atoms with Gasteiger partial charge in [-0.3, -0.25) is 0 Å². The molecule has 0 spiro atoms. The van der Waals surface area contributed by atoms with Crippen molar-refractivity contribution < 1.29 is 22.7 Å². The molecule has 1 aliphatic rings. The molecular formula is C16H16F3N3O2. The first-order valence-corrected chi connectivity index (χ1v) is 7.34. The molecule has 1 atom stereocenters. The Hall–Kier alpha value is -2.51. The normalized spacial score (nSPS) is 19.1. The molecule has 8 heteroatoms. The monoisotopic (exact) mass is 339 g/mol. The number of benzene rings is 1. The molecule has 0 bridgehead atoms. The van der Waals surface area contributed by atoms with Gasteiger partial charge in [0.1, 0.15) is 11.6 Å². The number of aromatic nitrogens is 2. The number of hydrogen-bond acceptors (Lipinski definition) is 4. The van der Waals surface area contributed by atoms with Crippen molar-refractivity contribution >= 4 is 11.8 Å². The minimum atomic E-state index is -2.81. The average Bonchev–Trinajstić information content (AvgIpc) is 2.89. The van der Waals surface area contributed by atoms with Crippen molar-refractivity contribution in [3.63, 3.8) is 0 Å². The number of ether oxygens (including phenoxy) is 1. The summed E-state index contributed by atoms with van der Waals surface area (Å²) in [7, 11) is 1.22. The van der Waals surface area contributed by atoms with Gasteiger partial charge in [-0.15, -0.1) is 0 Å². The number of nitrogens with zero attached hydrogens (tertiary/aromatic N) is 3. The molecule has 5 nitrogen and oxygen atoms in total. The summed E-state index contributed by atoms with van der Waals surface area (Å²) in [6, 6.07) is 4.38. The molecule has 0 radical (unpaired) electrons. The second-order valence-electron chi connectivity index (χ2n) is 5.74. The van der Waals surface area contributed by atoms with E-state index in [4.69, 9.17) is 4.74 Å². The highest BCUT2D eigenvalue weighted by Gasteiger charge is 2.53. The summed E-state index contributed by atoms with van der Waals surface area (Å²) in [5.74, 6) is -3.52. The number of rotatable bonds is 3. The molecule has 0 saturated carbocycles. The Balaban J connectivity index is 2.13. The third-order valence-electron chi connectivity index (χ3n) is 4.27. The van der Waals surface area contributed by atoms with Crippen LogP contribution < -0.4 is 4.90 Å². The zero-order valence-electron chi connectivity index (χ0n) is 13.4. The molecule has 0 amide bonds. The molecule has 128 valence electrons. The molecule has 0 unspecified atom stereocenters. The van der Waals surface area contributed by atoms with E-state index in [0.29, 0.717) is 17.1 Å². The molecule has 1 aromatic heterocycles. The Labute approximate surface area is 136 Å². The van der Waals surface area contributed by atoms with Gasteiger partial charge in [-0.25, -0.2) is 22.6 Å². The van der Waals surface area contributed by atoms with Gasteiger partial charge in [0.05, 0.1) is 25.4 Å². The lowest BCUT2D eigenvalue weighted by atomic mass is 9.99. The molecule has 2 aromatic rings. The minimum Gasteiger partial charge on any atom is -0.464 e. The van der Waals surface area contributed by atoms with E-state index in [0.717, 1.165) is 0 Å². The van der Waals surface area contributed by atoms with Crippen LogP contribution in [0.15, 0.2) is 24.3 Å². The van der Waals surface area contributed by atoms with E-state index in [9.17, 15) is 18.0 Å². The van der Waals surface area contributed by atoms with E-state index >= 15 is 0 Å². The number of carbonyl (C=O) groups is 1. The number of hydrogen-bond donors (Lipinski definition) is 0. The first-order chi connectivity index (χ1) is 11.3. The van der Waals surface area contributed by atoms with Crippen LogP contribution in [0.4, 0.5) is 19.0 Å². The molecule has 24 heavy (non-hydrogen) atoms. The van der Waals surface area contributed by atoms with E-state index in [1.54, 1.807) is 6.92 Å². The summed E-state index contributed by atoms with van der Waals surface area (Å²) in [6.07, 6.45) is 0. The van der Waals surface area contributed by atoms with E-state index in [1.807, 2.05) is 0 Å². The van der Waals surface area contributed by atoms with Gasteiger partial charge in [0.2, 0.25) is 0 Å². The van der Waals surface area contributed by atoms with E-state index in [2.05, 4.69) is 5.10 Å². The minimum absolute atomic E-state index is 0.0410. The van der Waals surface area contributed by atoms with Crippen LogP contribution in [0.25, 0.3) is 5.69 Å².